The van der Waals surface area contributed by atoms with E-state index in [1.807, 2.05) is 18.2 Å². The van der Waals surface area contributed by atoms with Gasteiger partial charge in [-0.25, -0.2) is 0 Å². The molecule has 0 amide bonds. The summed E-state index contributed by atoms with van der Waals surface area (Å²) in [5.74, 6) is 0.457. The van der Waals surface area contributed by atoms with E-state index >= 15 is 0 Å². The third-order valence-corrected chi connectivity index (χ3v) is 3.99. The van der Waals surface area contributed by atoms with E-state index in [-0.39, 0.29) is 11.9 Å². The van der Waals surface area contributed by atoms with Gasteiger partial charge in [0.2, 0.25) is 0 Å². The van der Waals surface area contributed by atoms with Crippen LogP contribution in [0.5, 0.6) is 5.75 Å². The molecule has 0 aliphatic carbocycles. The summed E-state index contributed by atoms with van der Waals surface area (Å²) in [7, 11) is 3.04. The van der Waals surface area contributed by atoms with Crippen molar-refractivity contribution >= 4 is 28.9 Å². The Labute approximate surface area is 130 Å². The summed E-state index contributed by atoms with van der Waals surface area (Å²) in [6, 6.07) is 5.60. The third-order valence-electron chi connectivity index (χ3n) is 3.77. The van der Waals surface area contributed by atoms with Gasteiger partial charge < -0.3 is 20.1 Å². The monoisotopic (exact) mass is 308 g/mol. The standard InChI is InChI=1S/C15H20N2O3S/c1-19-11-5-6-12(14(16)21)13(8-11)17-7-3-4-10(9-17)15(18)20-2/h5-6,8,10H,3-4,7,9H2,1-2H3,(H2,16,21). The maximum absolute atomic E-state index is 11.8. The van der Waals surface area contributed by atoms with E-state index in [1.54, 1.807) is 7.11 Å². The SMILES string of the molecule is COC(=O)C1CCCN(c2cc(OC)ccc2C(N)=S)C1. The van der Waals surface area contributed by atoms with Crippen LogP contribution in [0.25, 0.3) is 0 Å². The van der Waals surface area contributed by atoms with Gasteiger partial charge in [-0.05, 0) is 25.0 Å². The molecule has 1 aromatic rings. The van der Waals surface area contributed by atoms with Gasteiger partial charge in [0.1, 0.15) is 10.7 Å². The fourth-order valence-corrected chi connectivity index (χ4v) is 2.84. The summed E-state index contributed by atoms with van der Waals surface area (Å²) in [5.41, 5.74) is 7.52. The molecule has 6 heteroatoms. The predicted octanol–water partition coefficient (Wildman–Crippen LogP) is 1.72. The van der Waals surface area contributed by atoms with Gasteiger partial charge in [-0.2, -0.15) is 0 Å². The number of nitrogens with zero attached hydrogens (tertiary/aromatic N) is 1. The van der Waals surface area contributed by atoms with E-state index in [4.69, 9.17) is 27.4 Å². The Hall–Kier alpha value is -1.82. The van der Waals surface area contributed by atoms with Crippen molar-refractivity contribution in [3.05, 3.63) is 23.8 Å². The molecule has 0 bridgehead atoms. The second kappa shape index (κ2) is 6.76. The number of rotatable bonds is 4. The average Bonchev–Trinajstić information content (AvgIpc) is 2.53. The van der Waals surface area contributed by atoms with Crippen molar-refractivity contribution in [3.8, 4) is 5.75 Å². The minimum Gasteiger partial charge on any atom is -0.497 e. The molecule has 1 heterocycles. The molecule has 0 saturated carbocycles. The Bertz CT molecular complexity index is 548. The summed E-state index contributed by atoms with van der Waals surface area (Å²) in [6.07, 6.45) is 1.77. The highest BCUT2D eigenvalue weighted by atomic mass is 32.1. The zero-order valence-corrected chi connectivity index (χ0v) is 13.1. The van der Waals surface area contributed by atoms with E-state index in [0.717, 1.165) is 36.4 Å². The molecule has 1 unspecified atom stereocenters. The topological polar surface area (TPSA) is 64.8 Å². The van der Waals surface area contributed by atoms with Gasteiger partial charge in [0, 0.05) is 24.7 Å². The first-order valence-corrected chi connectivity index (χ1v) is 7.28. The van der Waals surface area contributed by atoms with Gasteiger partial charge in [-0.1, -0.05) is 12.2 Å². The number of carbonyl (C=O) groups excluding carboxylic acids is 1. The lowest BCUT2D eigenvalue weighted by Crippen LogP contribution is -2.40. The molecule has 0 radical (unpaired) electrons. The summed E-state index contributed by atoms with van der Waals surface area (Å²) in [4.78, 5) is 14.2. The molecule has 0 spiro atoms. The van der Waals surface area contributed by atoms with Crippen molar-refractivity contribution in [2.24, 2.45) is 11.7 Å². The number of ether oxygens (including phenoxy) is 2. The van der Waals surface area contributed by atoms with Crippen LogP contribution in [-0.4, -0.2) is 38.3 Å². The van der Waals surface area contributed by atoms with E-state index in [2.05, 4.69) is 4.90 Å². The van der Waals surface area contributed by atoms with E-state index < -0.39 is 0 Å². The van der Waals surface area contributed by atoms with Gasteiger partial charge in [0.05, 0.1) is 25.8 Å². The number of hydrogen-bond donors (Lipinski definition) is 1. The van der Waals surface area contributed by atoms with Gasteiger partial charge in [0.25, 0.3) is 0 Å². The van der Waals surface area contributed by atoms with Crippen molar-refractivity contribution < 1.29 is 14.3 Å². The Kier molecular flexibility index (Phi) is 5.01. The molecule has 1 aromatic carbocycles. The number of methoxy groups -OCH3 is 2. The van der Waals surface area contributed by atoms with Crippen LogP contribution in [0.3, 0.4) is 0 Å². The number of esters is 1. The van der Waals surface area contributed by atoms with Gasteiger partial charge in [-0.3, -0.25) is 4.79 Å². The van der Waals surface area contributed by atoms with Crippen LogP contribution in [0, 0.1) is 5.92 Å². The summed E-state index contributed by atoms with van der Waals surface area (Å²) >= 11 is 5.12. The van der Waals surface area contributed by atoms with Gasteiger partial charge in [-0.15, -0.1) is 0 Å². The molecule has 5 nitrogen and oxygen atoms in total. The fourth-order valence-electron chi connectivity index (χ4n) is 2.66. The number of thiocarbonyl (C=S) groups is 1. The minimum atomic E-state index is -0.167. The molecular weight excluding hydrogens is 288 g/mol. The summed E-state index contributed by atoms with van der Waals surface area (Å²) in [6.45, 7) is 1.46. The quantitative estimate of drug-likeness (QED) is 0.675. The lowest BCUT2D eigenvalue weighted by atomic mass is 9.97. The highest BCUT2D eigenvalue weighted by Gasteiger charge is 2.28. The Balaban J connectivity index is 2.31. The van der Waals surface area contributed by atoms with Gasteiger partial charge >= 0.3 is 5.97 Å². The summed E-state index contributed by atoms with van der Waals surface area (Å²) in [5, 5.41) is 0. The lowest BCUT2D eigenvalue weighted by molar-refractivity contribution is -0.145. The van der Waals surface area contributed by atoms with Crippen LogP contribution < -0.4 is 15.4 Å². The molecule has 114 valence electrons. The first-order chi connectivity index (χ1) is 10.1. The first-order valence-electron chi connectivity index (χ1n) is 6.87. The predicted molar refractivity (Wildman–Crippen MR) is 85.8 cm³/mol. The van der Waals surface area contributed by atoms with Crippen LogP contribution in [0.2, 0.25) is 0 Å². The minimum absolute atomic E-state index is 0.117. The number of carbonyl (C=O) groups is 1. The van der Waals surface area contributed by atoms with Crippen molar-refractivity contribution in [1.29, 1.82) is 0 Å². The fraction of sp³-hybridized carbons (Fsp3) is 0.467. The number of nitrogens with two attached hydrogens (primary N) is 1. The van der Waals surface area contributed by atoms with Crippen LogP contribution in [-0.2, 0) is 9.53 Å². The number of benzene rings is 1. The van der Waals surface area contributed by atoms with Crippen molar-refractivity contribution in [1.82, 2.24) is 0 Å². The Morgan fingerprint density at radius 1 is 1.43 bits per heavy atom. The highest BCUT2D eigenvalue weighted by Crippen LogP contribution is 2.30. The van der Waals surface area contributed by atoms with Crippen LogP contribution in [0.4, 0.5) is 5.69 Å². The normalized spacial score (nSPS) is 18.2. The molecular formula is C15H20N2O3S. The van der Waals surface area contributed by atoms with E-state index in [0.29, 0.717) is 11.5 Å². The lowest BCUT2D eigenvalue weighted by Gasteiger charge is -2.34. The molecule has 1 aliphatic rings. The number of anilines is 1. The second-order valence-corrected chi connectivity index (χ2v) is 5.50. The Morgan fingerprint density at radius 3 is 2.81 bits per heavy atom. The number of piperidine rings is 1. The Morgan fingerprint density at radius 2 is 2.19 bits per heavy atom. The molecule has 1 fully saturated rings. The van der Waals surface area contributed by atoms with Crippen LogP contribution in [0.1, 0.15) is 18.4 Å². The summed E-state index contributed by atoms with van der Waals surface area (Å²) < 4.78 is 10.1. The molecule has 1 saturated heterocycles. The molecule has 2 N–H and O–H groups in total. The largest absolute Gasteiger partial charge is 0.497 e. The zero-order chi connectivity index (χ0) is 15.4. The van der Waals surface area contributed by atoms with E-state index in [1.165, 1.54) is 7.11 Å². The maximum atomic E-state index is 11.8. The van der Waals surface area contributed by atoms with E-state index in [9.17, 15) is 4.79 Å². The third kappa shape index (κ3) is 3.44. The van der Waals surface area contributed by atoms with Crippen molar-refractivity contribution in [2.75, 3.05) is 32.2 Å². The smallest absolute Gasteiger partial charge is 0.310 e. The zero-order valence-electron chi connectivity index (χ0n) is 12.3. The van der Waals surface area contributed by atoms with Gasteiger partial charge in [0.15, 0.2) is 0 Å². The second-order valence-electron chi connectivity index (χ2n) is 5.06. The molecule has 21 heavy (non-hydrogen) atoms. The number of hydrogen-bond acceptors (Lipinski definition) is 5. The molecule has 1 atom stereocenters. The van der Waals surface area contributed by atoms with Crippen LogP contribution >= 0.6 is 12.2 Å². The molecule has 1 aliphatic heterocycles. The maximum Gasteiger partial charge on any atom is 0.310 e. The highest BCUT2D eigenvalue weighted by molar-refractivity contribution is 7.80. The van der Waals surface area contributed by atoms with Crippen LogP contribution in [0.15, 0.2) is 18.2 Å². The van der Waals surface area contributed by atoms with Crippen molar-refractivity contribution in [2.45, 2.75) is 12.8 Å². The van der Waals surface area contributed by atoms with Crippen molar-refractivity contribution in [3.63, 3.8) is 0 Å². The molecule has 2 rings (SSSR count). The molecule has 0 aromatic heterocycles. The average molecular weight is 308 g/mol. The first kappa shape index (κ1) is 15.6.